The van der Waals surface area contributed by atoms with Crippen molar-refractivity contribution in [3.05, 3.63) is 47.3 Å². The van der Waals surface area contributed by atoms with Gasteiger partial charge < -0.3 is 19.7 Å². The first-order valence-electron chi connectivity index (χ1n) is 13.5. The maximum Gasteiger partial charge on any atom is 0.358 e. The lowest BCUT2D eigenvalue weighted by Crippen LogP contribution is -2.64. The Bertz CT molecular complexity index is 1120. The Hall–Kier alpha value is -3.36. The van der Waals surface area contributed by atoms with Gasteiger partial charge in [0.1, 0.15) is 17.0 Å². The molecule has 4 rings (SSSR count). The smallest absolute Gasteiger partial charge is 0.358 e. The highest BCUT2D eigenvalue weighted by Crippen LogP contribution is 2.32. The number of carbonyl (C=O) groups excluding carboxylic acids is 3. The molecule has 1 saturated carbocycles. The second-order valence-electron chi connectivity index (χ2n) is 10.0. The number of aromatic nitrogens is 2. The normalized spacial score (nSPS) is 20.5. The molecule has 1 aliphatic heterocycles. The molecule has 9 heteroatoms. The van der Waals surface area contributed by atoms with E-state index in [1.54, 1.807) is 18.7 Å². The van der Waals surface area contributed by atoms with Crippen molar-refractivity contribution in [3.8, 4) is 5.75 Å². The lowest BCUT2D eigenvalue weighted by molar-refractivity contribution is -0.134. The molecule has 2 amide bonds. The van der Waals surface area contributed by atoms with Crippen molar-refractivity contribution in [2.75, 3.05) is 13.2 Å². The summed E-state index contributed by atoms with van der Waals surface area (Å²) in [4.78, 5) is 41.8. The van der Waals surface area contributed by atoms with Gasteiger partial charge in [-0.05, 0) is 39.7 Å². The van der Waals surface area contributed by atoms with Crippen molar-refractivity contribution in [1.82, 2.24) is 20.0 Å². The van der Waals surface area contributed by atoms with E-state index in [0.717, 1.165) is 31.2 Å². The summed E-state index contributed by atoms with van der Waals surface area (Å²) in [6.45, 7) is 6.41. The molecule has 200 valence electrons. The van der Waals surface area contributed by atoms with Crippen molar-refractivity contribution < 1.29 is 23.9 Å². The van der Waals surface area contributed by atoms with Gasteiger partial charge in [0.25, 0.3) is 5.91 Å². The van der Waals surface area contributed by atoms with E-state index >= 15 is 0 Å². The molecule has 37 heavy (non-hydrogen) atoms. The molecule has 2 heterocycles. The van der Waals surface area contributed by atoms with Crippen LogP contribution in [0.3, 0.4) is 0 Å². The minimum atomic E-state index is -1.22. The Morgan fingerprint density at radius 2 is 1.78 bits per heavy atom. The van der Waals surface area contributed by atoms with Crippen LogP contribution in [0.1, 0.15) is 92.3 Å². The quantitative estimate of drug-likeness (QED) is 0.537. The van der Waals surface area contributed by atoms with Gasteiger partial charge in [-0.1, -0.05) is 50.3 Å². The van der Waals surface area contributed by atoms with Crippen molar-refractivity contribution in [3.63, 3.8) is 0 Å². The number of nitrogens with zero attached hydrogens (tertiary/aromatic N) is 3. The first-order valence-corrected chi connectivity index (χ1v) is 13.5. The largest absolute Gasteiger partial charge is 0.494 e. The molecule has 1 aromatic heterocycles. The maximum atomic E-state index is 13.9. The summed E-state index contributed by atoms with van der Waals surface area (Å²) in [6, 6.07) is 9.07. The van der Waals surface area contributed by atoms with E-state index in [1.807, 2.05) is 31.2 Å². The fourth-order valence-corrected chi connectivity index (χ4v) is 5.24. The van der Waals surface area contributed by atoms with Crippen LogP contribution in [0.25, 0.3) is 0 Å². The number of nitrogens with one attached hydrogen (secondary N) is 1. The zero-order valence-corrected chi connectivity index (χ0v) is 22.1. The van der Waals surface area contributed by atoms with Gasteiger partial charge in [0, 0.05) is 17.7 Å². The molecule has 1 aromatic carbocycles. The number of hydrogen-bond acceptors (Lipinski definition) is 6. The molecular weight excluding hydrogens is 472 g/mol. The van der Waals surface area contributed by atoms with Crippen LogP contribution in [-0.4, -0.2) is 57.3 Å². The van der Waals surface area contributed by atoms with Crippen molar-refractivity contribution in [2.24, 2.45) is 0 Å². The Balaban J connectivity index is 1.68. The predicted octanol–water partition coefficient (Wildman–Crippen LogP) is 4.10. The van der Waals surface area contributed by atoms with E-state index in [4.69, 9.17) is 9.47 Å². The third-order valence-electron chi connectivity index (χ3n) is 7.31. The standard InChI is InChI=1S/C28H38N4O5/c1-4-36-24-16-12-11-13-20(24)18-31-25(33)23-17-22(26(34)37-5-2)30-32(23)19-28(31,3)27(35)29-21-14-9-7-6-8-10-15-21/h11-13,16-17,21H,4-10,14-15,18-19H2,1-3H3,(H,29,35). The highest BCUT2D eigenvalue weighted by atomic mass is 16.5. The number of benzene rings is 1. The van der Waals surface area contributed by atoms with Gasteiger partial charge in [-0.25, -0.2) is 4.79 Å². The van der Waals surface area contributed by atoms with E-state index in [-0.39, 0.29) is 48.9 Å². The SMILES string of the molecule is CCOC(=O)c1cc2n(n1)CC(C)(C(=O)NC1CCCCCCC1)N(Cc1ccccc1OCC)C2=O. The summed E-state index contributed by atoms with van der Waals surface area (Å²) < 4.78 is 12.4. The number of carbonyl (C=O) groups is 3. The van der Waals surface area contributed by atoms with Crippen LogP contribution >= 0.6 is 0 Å². The van der Waals surface area contributed by atoms with E-state index in [0.29, 0.717) is 12.4 Å². The van der Waals surface area contributed by atoms with E-state index in [1.165, 1.54) is 30.0 Å². The number of ether oxygens (including phenoxy) is 2. The first-order chi connectivity index (χ1) is 17.9. The number of fused-ring (bicyclic) bond motifs is 1. The van der Waals surface area contributed by atoms with Crippen LogP contribution in [0, 0.1) is 0 Å². The molecule has 1 aliphatic carbocycles. The van der Waals surface area contributed by atoms with Gasteiger partial charge in [0.15, 0.2) is 5.69 Å². The zero-order chi connectivity index (χ0) is 26.4. The zero-order valence-electron chi connectivity index (χ0n) is 22.1. The number of esters is 1. The third kappa shape index (κ3) is 5.81. The van der Waals surface area contributed by atoms with Crippen molar-refractivity contribution in [1.29, 1.82) is 0 Å². The molecule has 0 bridgehead atoms. The first kappa shape index (κ1) is 26.7. The average Bonchev–Trinajstić information content (AvgIpc) is 3.28. The van der Waals surface area contributed by atoms with Crippen molar-refractivity contribution in [2.45, 2.75) is 90.4 Å². The molecule has 2 aliphatic rings. The number of amides is 2. The second-order valence-corrected chi connectivity index (χ2v) is 10.0. The van der Waals surface area contributed by atoms with Gasteiger partial charge in [-0.3, -0.25) is 14.3 Å². The molecule has 1 N–H and O–H groups in total. The minimum absolute atomic E-state index is 0.0598. The molecule has 0 radical (unpaired) electrons. The van der Waals surface area contributed by atoms with Crippen LogP contribution in [-0.2, 0) is 22.6 Å². The van der Waals surface area contributed by atoms with Gasteiger partial charge in [0.05, 0.1) is 26.3 Å². The van der Waals surface area contributed by atoms with Crippen molar-refractivity contribution >= 4 is 17.8 Å². The number of para-hydroxylation sites is 1. The predicted molar refractivity (Wildman–Crippen MR) is 138 cm³/mol. The monoisotopic (exact) mass is 510 g/mol. The molecule has 1 atom stereocenters. The minimum Gasteiger partial charge on any atom is -0.494 e. The Morgan fingerprint density at radius 1 is 1.08 bits per heavy atom. The summed E-state index contributed by atoms with van der Waals surface area (Å²) in [5.74, 6) is -0.493. The van der Waals surface area contributed by atoms with Crippen LogP contribution in [0.4, 0.5) is 0 Å². The fourth-order valence-electron chi connectivity index (χ4n) is 5.24. The van der Waals surface area contributed by atoms with Gasteiger partial charge in [-0.2, -0.15) is 5.10 Å². The third-order valence-corrected chi connectivity index (χ3v) is 7.31. The van der Waals surface area contributed by atoms with Crippen LogP contribution in [0.2, 0.25) is 0 Å². The van der Waals surface area contributed by atoms with E-state index < -0.39 is 11.5 Å². The lowest BCUT2D eigenvalue weighted by atomic mass is 9.91. The Labute approximate surface area is 218 Å². The fraction of sp³-hybridized carbons (Fsp3) is 0.571. The van der Waals surface area contributed by atoms with E-state index in [9.17, 15) is 14.4 Å². The highest BCUT2D eigenvalue weighted by molar-refractivity contribution is 6.01. The van der Waals surface area contributed by atoms with Gasteiger partial charge in [0.2, 0.25) is 5.91 Å². The van der Waals surface area contributed by atoms with Gasteiger partial charge in [-0.15, -0.1) is 0 Å². The second kappa shape index (κ2) is 11.8. The molecule has 1 fully saturated rings. The lowest BCUT2D eigenvalue weighted by Gasteiger charge is -2.44. The van der Waals surface area contributed by atoms with Crippen LogP contribution in [0.5, 0.6) is 5.75 Å². The number of hydrogen-bond donors (Lipinski definition) is 1. The molecular formula is C28H38N4O5. The average molecular weight is 511 g/mol. The topological polar surface area (TPSA) is 103 Å². The molecule has 0 spiro atoms. The highest BCUT2D eigenvalue weighted by Gasteiger charge is 2.48. The summed E-state index contributed by atoms with van der Waals surface area (Å²) >= 11 is 0. The summed E-state index contributed by atoms with van der Waals surface area (Å²) in [7, 11) is 0. The molecule has 1 unspecified atom stereocenters. The summed E-state index contributed by atoms with van der Waals surface area (Å²) in [5.41, 5.74) is -0.0945. The molecule has 9 nitrogen and oxygen atoms in total. The number of rotatable bonds is 8. The van der Waals surface area contributed by atoms with Crippen LogP contribution in [0.15, 0.2) is 30.3 Å². The summed E-state index contributed by atoms with van der Waals surface area (Å²) in [6.07, 6.45) is 7.62. The Morgan fingerprint density at radius 3 is 2.49 bits per heavy atom. The Kier molecular flexibility index (Phi) is 8.51. The molecule has 2 aromatic rings. The van der Waals surface area contributed by atoms with E-state index in [2.05, 4.69) is 10.4 Å². The van der Waals surface area contributed by atoms with Crippen LogP contribution < -0.4 is 10.1 Å². The summed E-state index contributed by atoms with van der Waals surface area (Å²) in [5, 5.41) is 7.61. The van der Waals surface area contributed by atoms with Gasteiger partial charge >= 0.3 is 5.97 Å². The molecule has 0 saturated heterocycles. The maximum absolute atomic E-state index is 13.9.